The van der Waals surface area contributed by atoms with Crippen LogP contribution in [0.5, 0.6) is 0 Å². The van der Waals surface area contributed by atoms with Crippen LogP contribution in [-0.4, -0.2) is 59.8 Å². The average Bonchev–Trinajstić information content (AvgIpc) is 3.50. The zero-order valence-electron chi connectivity index (χ0n) is 23.8. The molecule has 1 atom stereocenters. The number of carbonyl (C=O) groups excluding carboxylic acids is 2. The van der Waals surface area contributed by atoms with Gasteiger partial charge in [0.1, 0.15) is 11.3 Å². The van der Waals surface area contributed by atoms with E-state index >= 15 is 0 Å². The smallest absolute Gasteiger partial charge is 0.407 e. The number of hydrogen-bond donors (Lipinski definition) is 3. The summed E-state index contributed by atoms with van der Waals surface area (Å²) in [6.07, 6.45) is 3.62. The second-order valence-electron chi connectivity index (χ2n) is 10.9. The van der Waals surface area contributed by atoms with Gasteiger partial charge in [0.05, 0.1) is 22.8 Å². The number of aryl methyl sites for hydroxylation is 1. The molecule has 0 aliphatic carbocycles. The van der Waals surface area contributed by atoms with Crippen molar-refractivity contribution in [2.24, 2.45) is 7.05 Å². The first-order chi connectivity index (χ1) is 19.4. The molecular weight excluding hydrogens is 526 g/mol. The number of anilines is 1. The third-order valence-electron chi connectivity index (χ3n) is 6.34. The van der Waals surface area contributed by atoms with Crippen LogP contribution in [0.15, 0.2) is 48.7 Å². The Kier molecular flexibility index (Phi) is 8.70. The highest BCUT2D eigenvalue weighted by atomic mass is 16.6. The Balaban J connectivity index is 1.60. The second kappa shape index (κ2) is 12.2. The van der Waals surface area contributed by atoms with Gasteiger partial charge in [-0.3, -0.25) is 14.8 Å². The number of imidazole rings is 1. The van der Waals surface area contributed by atoms with Crippen molar-refractivity contribution in [2.45, 2.75) is 58.6 Å². The fourth-order valence-corrected chi connectivity index (χ4v) is 4.51. The predicted octanol–water partition coefficient (Wildman–Crippen LogP) is 5.04. The summed E-state index contributed by atoms with van der Waals surface area (Å²) in [7, 11) is 1.79. The van der Waals surface area contributed by atoms with Crippen LogP contribution in [0, 0.1) is 0 Å². The molecule has 0 aliphatic heterocycles. The molecule has 0 saturated carbocycles. The molecule has 0 spiro atoms. The van der Waals surface area contributed by atoms with Crippen molar-refractivity contribution >= 4 is 35.0 Å². The highest BCUT2D eigenvalue weighted by molar-refractivity contribution is 6.06. The second-order valence-corrected chi connectivity index (χ2v) is 10.9. The minimum atomic E-state index is -1.12. The summed E-state index contributed by atoms with van der Waals surface area (Å²) in [4.78, 5) is 41.3. The number of carboxylic acid groups (broad SMARTS) is 1. The summed E-state index contributed by atoms with van der Waals surface area (Å²) in [6, 6.07) is 11.4. The van der Waals surface area contributed by atoms with Gasteiger partial charge in [0, 0.05) is 30.8 Å². The lowest BCUT2D eigenvalue weighted by atomic mass is 10.1. The number of hydrogen-bond acceptors (Lipinski definition) is 7. The zero-order chi connectivity index (χ0) is 29.7. The Morgan fingerprint density at radius 3 is 2.49 bits per heavy atom. The van der Waals surface area contributed by atoms with Gasteiger partial charge in [-0.25, -0.2) is 14.6 Å². The maximum absolute atomic E-state index is 13.2. The van der Waals surface area contributed by atoms with Crippen molar-refractivity contribution in [2.75, 3.05) is 11.9 Å². The number of carboxylic acids is 1. The number of ether oxygens (including phenoxy) is 1. The third-order valence-corrected chi connectivity index (χ3v) is 6.34. The zero-order valence-corrected chi connectivity index (χ0v) is 23.8. The van der Waals surface area contributed by atoms with Crippen molar-refractivity contribution in [1.29, 1.82) is 0 Å². The van der Waals surface area contributed by atoms with Gasteiger partial charge in [0.15, 0.2) is 0 Å². The molecule has 2 aromatic heterocycles. The first-order valence-electron chi connectivity index (χ1n) is 13.4. The Hall–Kier alpha value is -4.74. The molecule has 0 saturated heterocycles. The fourth-order valence-electron chi connectivity index (χ4n) is 4.51. The van der Waals surface area contributed by atoms with Gasteiger partial charge in [-0.2, -0.15) is 0 Å². The van der Waals surface area contributed by atoms with E-state index in [4.69, 9.17) is 9.72 Å². The number of fused-ring (bicyclic) bond motifs is 1. The van der Waals surface area contributed by atoms with E-state index in [1.165, 1.54) is 18.2 Å². The molecule has 0 aliphatic rings. The largest absolute Gasteiger partial charge is 0.478 e. The third kappa shape index (κ3) is 7.27. The lowest BCUT2D eigenvalue weighted by Gasteiger charge is -2.20. The van der Waals surface area contributed by atoms with Gasteiger partial charge in [0.2, 0.25) is 5.95 Å². The molecule has 4 rings (SSSR count). The van der Waals surface area contributed by atoms with E-state index in [-0.39, 0.29) is 17.2 Å². The monoisotopic (exact) mass is 561 g/mol. The van der Waals surface area contributed by atoms with Crippen molar-refractivity contribution in [1.82, 2.24) is 29.9 Å². The first-order valence-corrected chi connectivity index (χ1v) is 13.4. The number of para-hydroxylation sites is 1. The van der Waals surface area contributed by atoms with Crippen LogP contribution >= 0.6 is 0 Å². The van der Waals surface area contributed by atoms with Crippen molar-refractivity contribution in [3.8, 4) is 11.3 Å². The summed E-state index contributed by atoms with van der Waals surface area (Å²) < 4.78 is 8.88. The lowest BCUT2D eigenvalue weighted by Crippen LogP contribution is -2.33. The van der Waals surface area contributed by atoms with E-state index < -0.39 is 23.6 Å². The summed E-state index contributed by atoms with van der Waals surface area (Å²) in [6.45, 7) is 7.96. The Bertz CT molecular complexity index is 1570. The quantitative estimate of drug-likeness (QED) is 0.228. The maximum atomic E-state index is 13.2. The number of amides is 2. The van der Waals surface area contributed by atoms with Gasteiger partial charge >= 0.3 is 12.1 Å². The molecule has 0 fully saturated rings. The first kappa shape index (κ1) is 29.2. The number of unbranched alkanes of at least 4 members (excludes halogenated alkanes) is 1. The highest BCUT2D eigenvalue weighted by Crippen LogP contribution is 2.34. The van der Waals surface area contributed by atoms with Gasteiger partial charge in [-0.15, -0.1) is 5.10 Å². The molecular formula is C29H35N7O5. The summed E-state index contributed by atoms with van der Waals surface area (Å²) in [5.74, 6) is -1.25. The highest BCUT2D eigenvalue weighted by Gasteiger charge is 2.22. The van der Waals surface area contributed by atoms with Crippen molar-refractivity contribution in [3.05, 3.63) is 59.8 Å². The van der Waals surface area contributed by atoms with Gasteiger partial charge in [0.25, 0.3) is 5.91 Å². The number of benzene rings is 2. The number of alkyl carbamates (subject to hydrolysis) is 1. The molecule has 12 nitrogen and oxygen atoms in total. The normalized spacial score (nSPS) is 12.2. The van der Waals surface area contributed by atoms with Crippen LogP contribution in [0.1, 0.15) is 73.7 Å². The molecule has 1 unspecified atom stereocenters. The number of nitrogens with zero attached hydrogens (tertiary/aromatic N) is 5. The molecule has 12 heteroatoms. The average molecular weight is 562 g/mol. The SMILES string of the molecule is CC(CCCCNC(=O)OC(C)(C)C)n1c(NC(=O)c2cccc(C(=O)O)c2)nc2cccc(-c3cn(C)nn3)c21. The molecule has 41 heavy (non-hydrogen) atoms. The molecule has 0 bridgehead atoms. The Morgan fingerprint density at radius 2 is 1.80 bits per heavy atom. The van der Waals surface area contributed by atoms with E-state index in [2.05, 4.69) is 20.9 Å². The molecule has 2 heterocycles. The van der Waals surface area contributed by atoms with Crippen LogP contribution < -0.4 is 10.6 Å². The number of rotatable bonds is 10. The maximum Gasteiger partial charge on any atom is 0.407 e. The number of carbonyl (C=O) groups is 3. The van der Waals surface area contributed by atoms with Crippen LogP contribution in [0.2, 0.25) is 0 Å². The lowest BCUT2D eigenvalue weighted by molar-refractivity contribution is 0.0526. The summed E-state index contributed by atoms with van der Waals surface area (Å²) >= 11 is 0. The molecule has 2 amide bonds. The Labute approximate surface area is 237 Å². The molecule has 3 N–H and O–H groups in total. The van der Waals surface area contributed by atoms with Crippen LogP contribution in [0.4, 0.5) is 10.7 Å². The topological polar surface area (TPSA) is 153 Å². The predicted molar refractivity (Wildman–Crippen MR) is 154 cm³/mol. The Morgan fingerprint density at radius 1 is 1.07 bits per heavy atom. The van der Waals surface area contributed by atoms with E-state index in [1.54, 1.807) is 17.8 Å². The number of aromatic carboxylic acids is 1. The standard InChI is InChI=1S/C29H35N7O5/c1-18(10-6-7-15-30-28(40)41-29(2,3)4)36-24-21(23-17-35(5)34-33-23)13-9-14-22(24)31-27(36)32-25(37)19-11-8-12-20(16-19)26(38)39/h8-9,11-14,16-18H,6-7,10,15H2,1-5H3,(H,30,40)(H,38,39)(H,31,32,37). The molecule has 4 aromatic rings. The van der Waals surface area contributed by atoms with Crippen LogP contribution in [-0.2, 0) is 11.8 Å². The van der Waals surface area contributed by atoms with Gasteiger partial charge < -0.3 is 19.7 Å². The molecule has 0 radical (unpaired) electrons. The van der Waals surface area contributed by atoms with E-state index in [0.29, 0.717) is 23.7 Å². The van der Waals surface area contributed by atoms with Crippen LogP contribution in [0.3, 0.4) is 0 Å². The number of nitrogens with one attached hydrogen (secondary N) is 2. The molecule has 216 valence electrons. The van der Waals surface area contributed by atoms with Crippen molar-refractivity contribution < 1.29 is 24.2 Å². The van der Waals surface area contributed by atoms with E-state index in [9.17, 15) is 19.5 Å². The van der Waals surface area contributed by atoms with Gasteiger partial charge in [-0.05, 0) is 71.2 Å². The van der Waals surface area contributed by atoms with Gasteiger partial charge in [-0.1, -0.05) is 23.4 Å². The number of aromatic nitrogens is 5. The van der Waals surface area contributed by atoms with E-state index in [1.807, 2.05) is 56.7 Å². The van der Waals surface area contributed by atoms with Crippen molar-refractivity contribution in [3.63, 3.8) is 0 Å². The molecule has 2 aromatic carbocycles. The van der Waals surface area contributed by atoms with Crippen LogP contribution in [0.25, 0.3) is 22.3 Å². The summed E-state index contributed by atoms with van der Waals surface area (Å²) in [5.41, 5.74) is 2.61. The van der Waals surface area contributed by atoms with E-state index in [0.717, 1.165) is 30.3 Å². The minimum absolute atomic E-state index is 0.0180. The fraction of sp³-hybridized carbons (Fsp3) is 0.379. The minimum Gasteiger partial charge on any atom is -0.478 e. The summed E-state index contributed by atoms with van der Waals surface area (Å²) in [5, 5.41) is 23.4.